The lowest BCUT2D eigenvalue weighted by atomic mass is 9.79. The predicted molar refractivity (Wildman–Crippen MR) is 119 cm³/mol. The summed E-state index contributed by atoms with van der Waals surface area (Å²) >= 11 is 6.26. The third-order valence-corrected chi connectivity index (χ3v) is 6.94. The van der Waals surface area contributed by atoms with Crippen LogP contribution < -0.4 is 5.32 Å². The summed E-state index contributed by atoms with van der Waals surface area (Å²) in [7, 11) is -1.92. The fraction of sp³-hybridized carbons (Fsp3) is 0.429. The Balaban J connectivity index is 1.85. The molecule has 1 fully saturated rings. The molecule has 1 aliphatic rings. The van der Waals surface area contributed by atoms with Crippen LogP contribution in [0.2, 0.25) is 5.02 Å². The van der Waals surface area contributed by atoms with Crippen molar-refractivity contribution < 1.29 is 18.0 Å². The van der Waals surface area contributed by atoms with Crippen LogP contribution in [-0.2, 0) is 19.5 Å². The van der Waals surface area contributed by atoms with Crippen molar-refractivity contribution in [3.05, 3.63) is 47.4 Å². The van der Waals surface area contributed by atoms with Gasteiger partial charge in [0.2, 0.25) is 5.91 Å². The topological polar surface area (TPSA) is 111 Å². The van der Waals surface area contributed by atoms with E-state index in [2.05, 4.69) is 20.4 Å². The fourth-order valence-electron chi connectivity index (χ4n) is 3.81. The molecule has 0 saturated heterocycles. The van der Waals surface area contributed by atoms with Crippen LogP contribution in [0.4, 0.5) is 5.82 Å². The summed E-state index contributed by atoms with van der Waals surface area (Å²) in [6.07, 6.45) is 9.64. The van der Waals surface area contributed by atoms with Gasteiger partial charge in [-0.05, 0) is 55.7 Å². The number of nitrogens with one attached hydrogen (secondary N) is 1. The Kier molecular flexibility index (Phi) is 7.61. The van der Waals surface area contributed by atoms with Gasteiger partial charge in [0, 0.05) is 18.6 Å². The normalized spacial score (nSPS) is 17.6. The Morgan fingerprint density at radius 3 is 2.65 bits per heavy atom. The molecule has 1 unspecified atom stereocenters. The van der Waals surface area contributed by atoms with Gasteiger partial charge in [-0.3, -0.25) is 9.78 Å². The van der Waals surface area contributed by atoms with Crippen molar-refractivity contribution in [1.29, 1.82) is 0 Å². The standard InChI is InChI=1S/C21H25ClN4O4S/c1-30-26-16-6-3-14(4-7-16)11-17(21(27)25-20-13-23-9-10-24-20)15-5-8-19(18(22)12-15)31(2,28)29/h5,8-10,12-14,17H,3-4,6-7,11H2,1-2H3,(H,24,25,27). The molecule has 1 atom stereocenters. The van der Waals surface area contributed by atoms with E-state index < -0.39 is 15.8 Å². The number of carbonyl (C=O) groups is 1. The van der Waals surface area contributed by atoms with E-state index in [-0.39, 0.29) is 15.8 Å². The SMILES string of the molecule is CON=C1CCC(CC(C(=O)Nc2cnccn2)c2ccc(S(C)(=O)=O)c(Cl)c2)CC1. The molecule has 0 spiro atoms. The third kappa shape index (κ3) is 6.24. The molecule has 31 heavy (non-hydrogen) atoms. The molecule has 10 heteroatoms. The van der Waals surface area contributed by atoms with E-state index in [0.717, 1.165) is 37.7 Å². The van der Waals surface area contributed by atoms with E-state index in [1.54, 1.807) is 12.1 Å². The summed E-state index contributed by atoms with van der Waals surface area (Å²) in [6.45, 7) is 0. The highest BCUT2D eigenvalue weighted by Gasteiger charge is 2.28. The van der Waals surface area contributed by atoms with Crippen LogP contribution in [0, 0.1) is 5.92 Å². The molecule has 0 radical (unpaired) electrons. The maximum Gasteiger partial charge on any atom is 0.233 e. The largest absolute Gasteiger partial charge is 0.399 e. The molecule has 0 aliphatic heterocycles. The van der Waals surface area contributed by atoms with E-state index in [4.69, 9.17) is 16.4 Å². The van der Waals surface area contributed by atoms with E-state index in [1.807, 2.05) is 0 Å². The summed E-state index contributed by atoms with van der Waals surface area (Å²) in [4.78, 5) is 26.2. The second-order valence-electron chi connectivity index (χ2n) is 7.61. The molecule has 1 saturated carbocycles. The number of halogens is 1. The van der Waals surface area contributed by atoms with E-state index in [9.17, 15) is 13.2 Å². The van der Waals surface area contributed by atoms with Crippen LogP contribution in [0.25, 0.3) is 0 Å². The first-order chi connectivity index (χ1) is 14.8. The molecule has 1 heterocycles. The smallest absolute Gasteiger partial charge is 0.233 e. The van der Waals surface area contributed by atoms with E-state index >= 15 is 0 Å². The molecule has 8 nitrogen and oxygen atoms in total. The molecular weight excluding hydrogens is 440 g/mol. The van der Waals surface area contributed by atoms with Crippen molar-refractivity contribution in [2.24, 2.45) is 11.1 Å². The molecule has 1 aliphatic carbocycles. The van der Waals surface area contributed by atoms with Crippen molar-refractivity contribution in [3.63, 3.8) is 0 Å². The maximum absolute atomic E-state index is 13.2. The highest BCUT2D eigenvalue weighted by molar-refractivity contribution is 7.90. The summed E-state index contributed by atoms with van der Waals surface area (Å²) in [6, 6.07) is 4.68. The molecule has 166 valence electrons. The molecule has 1 amide bonds. The first-order valence-corrected chi connectivity index (χ1v) is 12.2. The van der Waals surface area contributed by atoms with Gasteiger partial charge in [0.15, 0.2) is 15.7 Å². The number of nitrogens with zero attached hydrogens (tertiary/aromatic N) is 3. The Morgan fingerprint density at radius 2 is 2.06 bits per heavy atom. The van der Waals surface area contributed by atoms with Crippen LogP contribution in [0.15, 0.2) is 46.8 Å². The number of anilines is 1. The Morgan fingerprint density at radius 1 is 1.32 bits per heavy atom. The van der Waals surface area contributed by atoms with Gasteiger partial charge in [-0.25, -0.2) is 13.4 Å². The molecule has 1 N–H and O–H groups in total. The van der Waals surface area contributed by atoms with Gasteiger partial charge in [0.1, 0.15) is 7.11 Å². The lowest BCUT2D eigenvalue weighted by Crippen LogP contribution is -2.26. The van der Waals surface area contributed by atoms with Gasteiger partial charge >= 0.3 is 0 Å². The Bertz CT molecular complexity index is 1050. The zero-order valence-electron chi connectivity index (χ0n) is 17.4. The number of oxime groups is 1. The monoisotopic (exact) mass is 464 g/mol. The highest BCUT2D eigenvalue weighted by Crippen LogP contribution is 2.35. The zero-order valence-corrected chi connectivity index (χ0v) is 19.0. The number of amides is 1. The first-order valence-electron chi connectivity index (χ1n) is 9.93. The van der Waals surface area contributed by atoms with Crippen molar-refractivity contribution in [3.8, 4) is 0 Å². The van der Waals surface area contributed by atoms with Gasteiger partial charge in [0.05, 0.1) is 27.7 Å². The van der Waals surface area contributed by atoms with Crippen molar-refractivity contribution in [1.82, 2.24) is 9.97 Å². The van der Waals surface area contributed by atoms with E-state index in [1.165, 1.54) is 31.8 Å². The quantitative estimate of drug-likeness (QED) is 0.623. The maximum atomic E-state index is 13.2. The number of hydrogen-bond donors (Lipinski definition) is 1. The number of hydrogen-bond acceptors (Lipinski definition) is 7. The van der Waals surface area contributed by atoms with Gasteiger partial charge in [-0.15, -0.1) is 0 Å². The van der Waals surface area contributed by atoms with Crippen molar-refractivity contribution in [2.45, 2.75) is 42.9 Å². The number of rotatable bonds is 7. The minimum Gasteiger partial charge on any atom is -0.399 e. The van der Waals surface area contributed by atoms with Crippen LogP contribution in [0.3, 0.4) is 0 Å². The lowest BCUT2D eigenvalue weighted by molar-refractivity contribution is -0.118. The number of carbonyl (C=O) groups excluding carboxylic acids is 1. The van der Waals surface area contributed by atoms with Crippen LogP contribution in [0.1, 0.15) is 43.6 Å². The number of benzene rings is 1. The molecule has 1 aromatic heterocycles. The van der Waals surface area contributed by atoms with Gasteiger partial charge in [-0.1, -0.05) is 22.8 Å². The van der Waals surface area contributed by atoms with E-state index in [0.29, 0.717) is 23.7 Å². The Hall–Kier alpha value is -2.52. The molecule has 2 aromatic rings. The van der Waals surface area contributed by atoms with Crippen LogP contribution >= 0.6 is 11.6 Å². The summed E-state index contributed by atoms with van der Waals surface area (Å²) in [5.41, 5.74) is 1.69. The second-order valence-corrected chi connectivity index (χ2v) is 10.0. The molecule has 3 rings (SSSR count). The summed E-state index contributed by atoms with van der Waals surface area (Å²) < 4.78 is 23.8. The second kappa shape index (κ2) is 10.2. The molecular formula is C21H25ClN4O4S. The zero-order chi connectivity index (χ0) is 22.4. The number of aromatic nitrogens is 2. The predicted octanol–water partition coefficient (Wildman–Crippen LogP) is 3.84. The van der Waals surface area contributed by atoms with Gasteiger partial charge < -0.3 is 10.2 Å². The van der Waals surface area contributed by atoms with Crippen molar-refractivity contribution in [2.75, 3.05) is 18.7 Å². The molecule has 0 bridgehead atoms. The fourth-order valence-corrected chi connectivity index (χ4v) is 5.14. The minimum absolute atomic E-state index is 0.0455. The van der Waals surface area contributed by atoms with Crippen LogP contribution in [-0.4, -0.2) is 43.4 Å². The van der Waals surface area contributed by atoms with Crippen molar-refractivity contribution >= 4 is 38.9 Å². The average molecular weight is 465 g/mol. The summed E-state index contributed by atoms with van der Waals surface area (Å²) in [5, 5.41) is 6.95. The van der Waals surface area contributed by atoms with Gasteiger partial charge in [-0.2, -0.15) is 0 Å². The first kappa shape index (κ1) is 23.1. The Labute approximate surface area is 187 Å². The number of sulfone groups is 1. The third-order valence-electron chi connectivity index (χ3n) is 5.36. The van der Waals surface area contributed by atoms with Crippen LogP contribution in [0.5, 0.6) is 0 Å². The van der Waals surface area contributed by atoms with Gasteiger partial charge in [0.25, 0.3) is 0 Å². The average Bonchev–Trinajstić information content (AvgIpc) is 2.73. The molecule has 1 aromatic carbocycles. The summed E-state index contributed by atoms with van der Waals surface area (Å²) in [5.74, 6) is -0.0876. The lowest BCUT2D eigenvalue weighted by Gasteiger charge is -2.27. The highest BCUT2D eigenvalue weighted by atomic mass is 35.5. The minimum atomic E-state index is -3.46.